The van der Waals surface area contributed by atoms with Crippen LogP contribution in [-0.2, 0) is 0 Å². The molecule has 0 aromatic carbocycles. The Balaban J connectivity index is -0.000000143. The van der Waals surface area contributed by atoms with E-state index in [2.05, 4.69) is 66.5 Å². The monoisotopic (exact) mass is 1010 g/mol. The van der Waals surface area contributed by atoms with Crippen molar-refractivity contribution in [3.8, 4) is 0 Å². The first-order chi connectivity index (χ1) is 34.0. The molecule has 0 amide bonds. The number of nitrogens with one attached hydrogen (secondary N) is 6. The molecule has 0 saturated heterocycles. The predicted octanol–water partition coefficient (Wildman–Crippen LogP) is 9.39. The summed E-state index contributed by atoms with van der Waals surface area (Å²) in [5, 5.41) is 20.6. The van der Waals surface area contributed by atoms with Gasteiger partial charge in [0.15, 0.2) is 0 Å². The van der Waals surface area contributed by atoms with Crippen LogP contribution >= 0.6 is 0 Å². The van der Waals surface area contributed by atoms with Crippen LogP contribution in [0, 0.1) is 0 Å². The van der Waals surface area contributed by atoms with Crippen molar-refractivity contribution in [2.75, 3.05) is 124 Å². The molecule has 0 rings (SSSR count). The smallest absolute Gasteiger partial charge is 0.00745 e. The topological polar surface area (TPSA) is 254 Å². The van der Waals surface area contributed by atoms with E-state index in [1.807, 2.05) is 0 Å². The molecule has 0 fully saturated rings. The Hall–Kier alpha value is -0.520. The Morgan fingerprint density at radius 1 is 0.171 bits per heavy atom. The highest BCUT2D eigenvalue weighted by atomic mass is 14.9. The van der Waals surface area contributed by atoms with E-state index in [9.17, 15) is 0 Å². The zero-order chi connectivity index (χ0) is 52.3. The fourth-order valence-corrected chi connectivity index (χ4v) is 6.59. The normalized spacial score (nSPS) is 10.3. The lowest BCUT2D eigenvalue weighted by molar-refractivity contribution is 0.544. The first kappa shape index (κ1) is 83.5. The highest BCUT2D eigenvalue weighted by Gasteiger charge is 1.94. The van der Waals surface area contributed by atoms with Crippen LogP contribution in [0.3, 0.4) is 0 Å². The van der Waals surface area contributed by atoms with Crippen molar-refractivity contribution in [2.45, 2.75) is 248 Å². The number of hydrogen-bond donors (Lipinski definition) is 13. The van der Waals surface area contributed by atoms with Gasteiger partial charge < -0.3 is 72.0 Å². The van der Waals surface area contributed by atoms with Gasteiger partial charge >= 0.3 is 0 Å². The lowest BCUT2D eigenvalue weighted by Gasteiger charge is -2.06. The fraction of sp³-hybridized carbons (Fsp3) is 1.00. The van der Waals surface area contributed by atoms with Crippen LogP contribution in [0.25, 0.3) is 0 Å². The predicted molar refractivity (Wildman–Crippen MR) is 323 cm³/mol. The lowest BCUT2D eigenvalue weighted by Crippen LogP contribution is -2.23. The molecule has 0 aromatic rings. The van der Waals surface area contributed by atoms with Crippen molar-refractivity contribution >= 4 is 0 Å². The van der Waals surface area contributed by atoms with Gasteiger partial charge in [0, 0.05) is 13.1 Å². The van der Waals surface area contributed by atoms with E-state index in [0.717, 1.165) is 104 Å². The molecule has 0 saturated carbocycles. The standard InChI is InChI=1S/C16H37N3.C12H30N4.C11H26N2.C8H20N2.C6H15N.C3H9N.CH4/c1-2-3-4-8-13-18-15-10-6-11-16-19-14-9-5-7-12-17;13-7-3-1-4-9-15-10-5-2-6-11-16-12-8-14;1-2-3-4-7-10-13-11-8-5-6-9-12;1-2-7-10-8-5-3-4-6-9;1-2-3-4-5-6-7;1-2-3-4;/h18-19H,2-17H2,1H3;15-16H,1-14H2;13H,2-12H2,1H3;10H,2-9H2,1H3;2-7H2,1H3;2-4H2,1H3;1H4. The van der Waals surface area contributed by atoms with E-state index in [-0.39, 0.29) is 7.43 Å². The van der Waals surface area contributed by atoms with Crippen molar-refractivity contribution in [3.63, 3.8) is 0 Å². The van der Waals surface area contributed by atoms with Gasteiger partial charge in [-0.25, -0.2) is 0 Å². The zero-order valence-electron chi connectivity index (χ0n) is 48.1. The summed E-state index contributed by atoms with van der Waals surface area (Å²) in [4.78, 5) is 0. The molecule has 0 aromatic heterocycles. The minimum atomic E-state index is 0. The molecule has 20 N–H and O–H groups in total. The first-order valence-corrected chi connectivity index (χ1v) is 30.1. The van der Waals surface area contributed by atoms with Gasteiger partial charge in [0.2, 0.25) is 0 Å². The van der Waals surface area contributed by atoms with Crippen LogP contribution in [0.1, 0.15) is 248 Å². The van der Waals surface area contributed by atoms with E-state index in [0.29, 0.717) is 0 Å². The van der Waals surface area contributed by atoms with Crippen LogP contribution in [0.4, 0.5) is 0 Å². The Kier molecular flexibility index (Phi) is 117. The maximum Gasteiger partial charge on any atom is 0.00745 e. The molecular formula is C57H141N13. The van der Waals surface area contributed by atoms with Crippen molar-refractivity contribution in [2.24, 2.45) is 40.1 Å². The molecule has 70 heavy (non-hydrogen) atoms. The van der Waals surface area contributed by atoms with Gasteiger partial charge in [0.05, 0.1) is 0 Å². The second-order valence-corrected chi connectivity index (χ2v) is 18.6. The van der Waals surface area contributed by atoms with E-state index in [1.165, 1.54) is 225 Å². The fourth-order valence-electron chi connectivity index (χ4n) is 6.59. The van der Waals surface area contributed by atoms with Crippen LogP contribution in [0.5, 0.6) is 0 Å². The molecule has 0 heterocycles. The number of hydrogen-bond acceptors (Lipinski definition) is 13. The molecule has 13 heteroatoms. The van der Waals surface area contributed by atoms with E-state index < -0.39 is 0 Å². The van der Waals surface area contributed by atoms with Gasteiger partial charge in [0.1, 0.15) is 0 Å². The SMILES string of the molecule is C.CCCCCCN.CCCCCCNCCCCCN.CCCCCCNCCCCCNCCCCCN.CCCN.CCCNCCCCCN.NCCCCCNCCCCCNCCN. The Morgan fingerprint density at radius 3 is 0.543 bits per heavy atom. The lowest BCUT2D eigenvalue weighted by atomic mass is 10.2. The molecule has 0 bridgehead atoms. The molecule has 0 aliphatic carbocycles. The van der Waals surface area contributed by atoms with Crippen molar-refractivity contribution < 1.29 is 0 Å². The number of rotatable bonds is 51. The van der Waals surface area contributed by atoms with Gasteiger partial charge in [-0.3, -0.25) is 0 Å². The zero-order valence-corrected chi connectivity index (χ0v) is 48.1. The maximum absolute atomic E-state index is 5.46. The van der Waals surface area contributed by atoms with E-state index in [4.69, 9.17) is 40.1 Å². The van der Waals surface area contributed by atoms with Gasteiger partial charge in [-0.2, -0.15) is 0 Å². The van der Waals surface area contributed by atoms with Gasteiger partial charge in [0.25, 0.3) is 0 Å². The third kappa shape index (κ3) is 117. The molecule has 0 atom stereocenters. The number of nitrogens with two attached hydrogens (primary N) is 7. The quantitative estimate of drug-likeness (QED) is 0.0254. The van der Waals surface area contributed by atoms with Crippen LogP contribution in [0.2, 0.25) is 0 Å². The highest BCUT2D eigenvalue weighted by Crippen LogP contribution is 2.00. The largest absolute Gasteiger partial charge is 0.330 e. The summed E-state index contributed by atoms with van der Waals surface area (Å²) in [6.07, 6.45) is 41.0. The minimum absolute atomic E-state index is 0. The van der Waals surface area contributed by atoms with E-state index >= 15 is 0 Å². The third-order valence-electron chi connectivity index (χ3n) is 11.2. The van der Waals surface area contributed by atoms with Crippen LogP contribution in [0.15, 0.2) is 0 Å². The molecule has 0 spiro atoms. The summed E-state index contributed by atoms with van der Waals surface area (Å²) >= 11 is 0. The third-order valence-corrected chi connectivity index (χ3v) is 11.2. The Bertz CT molecular complexity index is 659. The van der Waals surface area contributed by atoms with Crippen LogP contribution in [-0.4, -0.2) is 124 Å². The molecule has 13 nitrogen and oxygen atoms in total. The second kappa shape index (κ2) is 97.8. The van der Waals surface area contributed by atoms with E-state index in [1.54, 1.807) is 0 Å². The van der Waals surface area contributed by atoms with Gasteiger partial charge in [-0.1, -0.05) is 138 Å². The molecule has 0 aliphatic rings. The van der Waals surface area contributed by atoms with Gasteiger partial charge in [-0.05, 0) is 220 Å². The van der Waals surface area contributed by atoms with Crippen molar-refractivity contribution in [1.82, 2.24) is 31.9 Å². The minimum Gasteiger partial charge on any atom is -0.330 e. The summed E-state index contributed by atoms with van der Waals surface area (Å²) in [5.41, 5.74) is 37.3. The summed E-state index contributed by atoms with van der Waals surface area (Å²) in [5.74, 6) is 0. The van der Waals surface area contributed by atoms with Gasteiger partial charge in [-0.15, -0.1) is 0 Å². The first-order valence-electron chi connectivity index (χ1n) is 30.1. The molecule has 434 valence electrons. The Morgan fingerprint density at radius 2 is 0.357 bits per heavy atom. The van der Waals surface area contributed by atoms with Crippen LogP contribution < -0.4 is 72.0 Å². The van der Waals surface area contributed by atoms with Crippen molar-refractivity contribution in [1.29, 1.82) is 0 Å². The molecule has 0 unspecified atom stereocenters. The summed E-state index contributed by atoms with van der Waals surface area (Å²) < 4.78 is 0. The summed E-state index contributed by atoms with van der Waals surface area (Å²) in [6.45, 7) is 30.5. The average molecular weight is 1010 g/mol. The number of unbranched alkanes of at least 4 members (excludes halogenated alkanes) is 21. The molecule has 0 aliphatic heterocycles. The average Bonchev–Trinajstić information content (AvgIpc) is 3.37. The Labute approximate surface area is 442 Å². The maximum atomic E-state index is 5.46. The summed E-state index contributed by atoms with van der Waals surface area (Å²) in [6, 6.07) is 0. The highest BCUT2D eigenvalue weighted by molar-refractivity contribution is 4.56. The molecular weight excluding hydrogens is 867 g/mol. The van der Waals surface area contributed by atoms with Crippen molar-refractivity contribution in [3.05, 3.63) is 0 Å². The summed E-state index contributed by atoms with van der Waals surface area (Å²) in [7, 11) is 0. The molecule has 0 radical (unpaired) electrons. The second-order valence-electron chi connectivity index (χ2n) is 18.6.